The summed E-state index contributed by atoms with van der Waals surface area (Å²) in [4.78, 5) is 0. The SMILES string of the molecule is CC(C)=C/C=C/C(C)=C/C=C/C(C)CCCCC(C)CCCC(C)/C=C/C1C(C)CCCC1(C)C. The Hall–Kier alpha value is -1.30. The standard InChI is InChI=1S/C35H60/c1-28(2)16-12-19-31(5)22-13-20-29(3)17-10-11-18-30(4)21-14-23-32(6)25-26-34-33(7)24-15-27-35(34,8)9/h12-13,16,19-20,22,25-26,29-30,32-34H,10-11,14-15,17-18,21,23-24,27H2,1-9H3/b19-12+,20-13+,26-25+,31-22+. The fourth-order valence-corrected chi connectivity index (χ4v) is 5.68. The van der Waals surface area contributed by atoms with Crippen LogP contribution in [0, 0.1) is 35.0 Å². The van der Waals surface area contributed by atoms with E-state index in [-0.39, 0.29) is 0 Å². The van der Waals surface area contributed by atoms with E-state index in [4.69, 9.17) is 0 Å². The molecule has 1 saturated carbocycles. The summed E-state index contributed by atoms with van der Waals surface area (Å²) in [6, 6.07) is 0. The van der Waals surface area contributed by atoms with Gasteiger partial charge in [0.15, 0.2) is 0 Å². The predicted molar refractivity (Wildman–Crippen MR) is 161 cm³/mol. The van der Waals surface area contributed by atoms with Gasteiger partial charge in [0.1, 0.15) is 0 Å². The van der Waals surface area contributed by atoms with Crippen LogP contribution >= 0.6 is 0 Å². The molecule has 0 nitrogen and oxygen atoms in total. The largest absolute Gasteiger partial charge is 0.0854 e. The van der Waals surface area contributed by atoms with E-state index in [1.807, 2.05) is 0 Å². The van der Waals surface area contributed by atoms with Gasteiger partial charge in [-0.3, -0.25) is 0 Å². The van der Waals surface area contributed by atoms with Crippen molar-refractivity contribution in [2.45, 2.75) is 127 Å². The molecule has 0 amide bonds. The van der Waals surface area contributed by atoms with Crippen LogP contribution in [0.2, 0.25) is 0 Å². The molecule has 0 aliphatic heterocycles. The van der Waals surface area contributed by atoms with Crippen molar-refractivity contribution in [1.82, 2.24) is 0 Å². The molecule has 0 heterocycles. The topological polar surface area (TPSA) is 0 Å². The zero-order valence-corrected chi connectivity index (χ0v) is 25.1. The van der Waals surface area contributed by atoms with Crippen molar-refractivity contribution >= 4 is 0 Å². The van der Waals surface area contributed by atoms with Crippen molar-refractivity contribution in [2.24, 2.45) is 35.0 Å². The molecular weight excluding hydrogens is 420 g/mol. The minimum absolute atomic E-state index is 0.480. The van der Waals surface area contributed by atoms with Gasteiger partial charge in [-0.15, -0.1) is 0 Å². The molecule has 1 aliphatic carbocycles. The van der Waals surface area contributed by atoms with Crippen molar-refractivity contribution in [1.29, 1.82) is 0 Å². The highest BCUT2D eigenvalue weighted by atomic mass is 14.4. The van der Waals surface area contributed by atoms with Crippen LogP contribution in [0.4, 0.5) is 0 Å². The molecule has 35 heavy (non-hydrogen) atoms. The van der Waals surface area contributed by atoms with Gasteiger partial charge in [0.2, 0.25) is 0 Å². The van der Waals surface area contributed by atoms with Gasteiger partial charge in [0.05, 0.1) is 0 Å². The van der Waals surface area contributed by atoms with Gasteiger partial charge in [-0.25, -0.2) is 0 Å². The molecule has 0 N–H and O–H groups in total. The molecule has 0 saturated heterocycles. The maximum Gasteiger partial charge on any atom is -0.0156 e. The van der Waals surface area contributed by atoms with E-state index in [1.54, 1.807) is 0 Å². The molecule has 1 aliphatic rings. The lowest BCUT2D eigenvalue weighted by Crippen LogP contribution is -2.32. The van der Waals surface area contributed by atoms with Crippen LogP contribution in [0.25, 0.3) is 0 Å². The quantitative estimate of drug-likeness (QED) is 0.124. The molecule has 5 atom stereocenters. The van der Waals surface area contributed by atoms with Crippen LogP contribution in [-0.4, -0.2) is 0 Å². The number of hydrogen-bond donors (Lipinski definition) is 0. The first-order valence-electron chi connectivity index (χ1n) is 14.9. The Morgan fingerprint density at radius 1 is 0.829 bits per heavy atom. The lowest BCUT2D eigenvalue weighted by atomic mass is 9.64. The molecular formula is C35H60. The van der Waals surface area contributed by atoms with Crippen LogP contribution in [0.5, 0.6) is 0 Å². The highest BCUT2D eigenvalue weighted by Crippen LogP contribution is 2.44. The summed E-state index contributed by atoms with van der Waals surface area (Å²) in [6.45, 7) is 21.1. The Morgan fingerprint density at radius 2 is 1.46 bits per heavy atom. The smallest absolute Gasteiger partial charge is 0.0156 e. The zero-order chi connectivity index (χ0) is 26.3. The van der Waals surface area contributed by atoms with Gasteiger partial charge < -0.3 is 0 Å². The fraction of sp³-hybridized carbons (Fsp3) is 0.714. The van der Waals surface area contributed by atoms with E-state index in [2.05, 4.69) is 111 Å². The summed E-state index contributed by atoms with van der Waals surface area (Å²) >= 11 is 0. The maximum atomic E-state index is 2.59. The summed E-state index contributed by atoms with van der Waals surface area (Å²) in [5.74, 6) is 3.86. The lowest BCUT2D eigenvalue weighted by molar-refractivity contribution is 0.122. The molecule has 0 heteroatoms. The second-order valence-corrected chi connectivity index (χ2v) is 12.9. The van der Waals surface area contributed by atoms with E-state index in [0.717, 1.165) is 23.7 Å². The third-order valence-corrected chi connectivity index (χ3v) is 8.19. The second-order valence-electron chi connectivity index (χ2n) is 12.9. The maximum absolute atomic E-state index is 2.59. The highest BCUT2D eigenvalue weighted by molar-refractivity contribution is 5.25. The van der Waals surface area contributed by atoms with Gasteiger partial charge in [-0.05, 0) is 75.0 Å². The van der Waals surface area contributed by atoms with Crippen LogP contribution in [-0.2, 0) is 0 Å². The first kappa shape index (κ1) is 31.7. The first-order chi connectivity index (χ1) is 16.5. The molecule has 0 aromatic rings. The monoisotopic (exact) mass is 480 g/mol. The average molecular weight is 481 g/mol. The van der Waals surface area contributed by atoms with Gasteiger partial charge >= 0.3 is 0 Å². The lowest BCUT2D eigenvalue weighted by Gasteiger charge is -2.41. The summed E-state index contributed by atoms with van der Waals surface area (Å²) in [6.07, 6.45) is 32.2. The van der Waals surface area contributed by atoms with Gasteiger partial charge in [0.25, 0.3) is 0 Å². The predicted octanol–water partition coefficient (Wildman–Crippen LogP) is 11.7. The van der Waals surface area contributed by atoms with E-state index in [9.17, 15) is 0 Å². The third-order valence-electron chi connectivity index (χ3n) is 8.19. The molecule has 0 aromatic heterocycles. The zero-order valence-electron chi connectivity index (χ0n) is 25.1. The Balaban J connectivity index is 2.19. The Kier molecular flexibility index (Phi) is 15.6. The van der Waals surface area contributed by atoms with Crippen LogP contribution < -0.4 is 0 Å². The molecule has 200 valence electrons. The number of allylic oxidation sites excluding steroid dienone is 10. The molecule has 0 aromatic carbocycles. The highest BCUT2D eigenvalue weighted by Gasteiger charge is 2.34. The summed E-state index contributed by atoms with van der Waals surface area (Å²) in [5, 5.41) is 0. The summed E-state index contributed by atoms with van der Waals surface area (Å²) < 4.78 is 0. The third kappa shape index (κ3) is 14.8. The molecule has 0 radical (unpaired) electrons. The molecule has 0 bridgehead atoms. The Bertz CT molecular complexity index is 706. The second kappa shape index (κ2) is 17.2. The van der Waals surface area contributed by atoms with Gasteiger partial charge in [0, 0.05) is 0 Å². The minimum atomic E-state index is 0.480. The van der Waals surface area contributed by atoms with E-state index >= 15 is 0 Å². The average Bonchev–Trinajstić information content (AvgIpc) is 2.75. The van der Waals surface area contributed by atoms with Crippen molar-refractivity contribution in [3.8, 4) is 0 Å². The van der Waals surface area contributed by atoms with E-state index in [0.29, 0.717) is 11.3 Å². The fourth-order valence-electron chi connectivity index (χ4n) is 5.68. The number of hydrogen-bond acceptors (Lipinski definition) is 0. The molecule has 5 unspecified atom stereocenters. The first-order valence-corrected chi connectivity index (χ1v) is 14.9. The van der Waals surface area contributed by atoms with Crippen LogP contribution in [0.15, 0.2) is 59.8 Å². The van der Waals surface area contributed by atoms with E-state index in [1.165, 1.54) is 75.4 Å². The van der Waals surface area contributed by atoms with Crippen molar-refractivity contribution in [3.05, 3.63) is 59.8 Å². The van der Waals surface area contributed by atoms with Crippen LogP contribution in [0.1, 0.15) is 127 Å². The van der Waals surface area contributed by atoms with Crippen molar-refractivity contribution < 1.29 is 0 Å². The summed E-state index contributed by atoms with van der Waals surface area (Å²) in [5.41, 5.74) is 3.12. The van der Waals surface area contributed by atoms with Gasteiger partial charge in [-0.2, -0.15) is 0 Å². The van der Waals surface area contributed by atoms with Crippen molar-refractivity contribution in [3.63, 3.8) is 0 Å². The molecule has 0 spiro atoms. The van der Waals surface area contributed by atoms with Gasteiger partial charge in [-0.1, -0.05) is 146 Å². The number of unbranched alkanes of at least 4 members (excludes halogenated alkanes) is 1. The number of rotatable bonds is 15. The summed E-state index contributed by atoms with van der Waals surface area (Å²) in [7, 11) is 0. The molecule has 1 rings (SSSR count). The van der Waals surface area contributed by atoms with Crippen LogP contribution in [0.3, 0.4) is 0 Å². The Labute approximate surface area is 221 Å². The van der Waals surface area contributed by atoms with E-state index < -0.39 is 0 Å². The normalized spacial score (nSPS) is 23.7. The van der Waals surface area contributed by atoms with Crippen molar-refractivity contribution in [2.75, 3.05) is 0 Å². The Morgan fingerprint density at radius 3 is 2.14 bits per heavy atom. The minimum Gasteiger partial charge on any atom is -0.0854 e. The molecule has 1 fully saturated rings.